The molecule has 3 heterocycles. The summed E-state index contributed by atoms with van der Waals surface area (Å²) < 4.78 is 0. The third-order valence-corrected chi connectivity index (χ3v) is 8.78. The number of fused-ring (bicyclic) bond motifs is 4. The van der Waals surface area contributed by atoms with Crippen LogP contribution in [0.4, 0.5) is 0 Å². The van der Waals surface area contributed by atoms with Crippen LogP contribution in [0.5, 0.6) is 0 Å². The summed E-state index contributed by atoms with van der Waals surface area (Å²) in [6, 6.07) is 23.1. The molecule has 0 N–H and O–H groups in total. The maximum absolute atomic E-state index is 2.41. The average molecular weight is 437 g/mol. The van der Waals surface area contributed by atoms with Gasteiger partial charge in [-0.15, -0.1) is 22.7 Å². The van der Waals surface area contributed by atoms with Crippen LogP contribution in [0.3, 0.4) is 0 Å². The minimum atomic E-state index is 1.06. The van der Waals surface area contributed by atoms with Crippen LogP contribution in [0.2, 0.25) is 0 Å². The van der Waals surface area contributed by atoms with Crippen LogP contribution in [0.25, 0.3) is 20.9 Å². The Hall–Kier alpha value is -1.46. The Labute approximate surface area is 183 Å². The van der Waals surface area contributed by atoms with Gasteiger partial charge in [0.2, 0.25) is 0 Å². The average Bonchev–Trinajstić information content (AvgIpc) is 3.41. The number of benzene rings is 2. The van der Waals surface area contributed by atoms with Gasteiger partial charge in [-0.05, 0) is 80.5 Å². The first-order chi connectivity index (χ1) is 13.8. The zero-order chi connectivity index (χ0) is 18.8. The number of thiophene rings is 2. The summed E-state index contributed by atoms with van der Waals surface area (Å²) in [5.41, 5.74) is 8.53. The maximum Gasteiger partial charge on any atom is 0.0342 e. The molecule has 28 heavy (non-hydrogen) atoms. The highest BCUT2D eigenvalue weighted by molar-refractivity contribution is 7.98. The summed E-state index contributed by atoms with van der Waals surface area (Å²) in [7, 11) is 0. The summed E-state index contributed by atoms with van der Waals surface area (Å²) in [4.78, 5) is 2.74. The molecule has 140 valence electrons. The topological polar surface area (TPSA) is 0 Å². The maximum atomic E-state index is 2.41. The van der Waals surface area contributed by atoms with Crippen LogP contribution in [0, 0.1) is 0 Å². The molecule has 0 unspecified atom stereocenters. The van der Waals surface area contributed by atoms with Gasteiger partial charge in [-0.2, -0.15) is 23.5 Å². The zero-order valence-corrected chi connectivity index (χ0v) is 18.7. The molecular formula is C24H20S4. The lowest BCUT2D eigenvalue weighted by molar-refractivity contribution is 1.28. The number of hydrogen-bond acceptors (Lipinski definition) is 4. The predicted octanol–water partition coefficient (Wildman–Crippen LogP) is 8.32. The van der Waals surface area contributed by atoms with Gasteiger partial charge in [0.25, 0.3) is 0 Å². The fraction of sp³-hybridized carbons (Fsp3) is 0.167. The summed E-state index contributed by atoms with van der Waals surface area (Å²) in [5, 5.41) is 4.34. The fourth-order valence-corrected chi connectivity index (χ4v) is 6.85. The lowest BCUT2D eigenvalue weighted by Gasteiger charge is -2.13. The van der Waals surface area contributed by atoms with Crippen LogP contribution in [-0.2, 0) is 23.0 Å². The van der Waals surface area contributed by atoms with E-state index in [1.807, 2.05) is 46.2 Å². The highest BCUT2D eigenvalue weighted by atomic mass is 32.2. The first-order valence-electron chi connectivity index (χ1n) is 9.32. The van der Waals surface area contributed by atoms with E-state index in [0.29, 0.717) is 0 Å². The second-order valence-electron chi connectivity index (χ2n) is 7.02. The van der Waals surface area contributed by atoms with Crippen molar-refractivity contribution >= 4 is 46.2 Å². The molecule has 0 amide bonds. The van der Waals surface area contributed by atoms with E-state index in [9.17, 15) is 0 Å². The van der Waals surface area contributed by atoms with Crippen LogP contribution in [-0.4, -0.2) is 0 Å². The van der Waals surface area contributed by atoms with Crippen molar-refractivity contribution in [2.24, 2.45) is 0 Å². The molecule has 2 aromatic heterocycles. The van der Waals surface area contributed by atoms with E-state index in [1.54, 1.807) is 0 Å². The molecule has 2 aromatic carbocycles. The van der Waals surface area contributed by atoms with Gasteiger partial charge in [0, 0.05) is 32.8 Å². The third kappa shape index (κ3) is 4.25. The Morgan fingerprint density at radius 2 is 0.893 bits per heavy atom. The summed E-state index contributed by atoms with van der Waals surface area (Å²) in [5.74, 6) is 4.26. The van der Waals surface area contributed by atoms with E-state index < -0.39 is 0 Å². The molecule has 0 saturated heterocycles. The van der Waals surface area contributed by atoms with Crippen molar-refractivity contribution < 1.29 is 0 Å². The second-order valence-corrected chi connectivity index (χ2v) is 10.9. The highest BCUT2D eigenvalue weighted by Crippen LogP contribution is 2.33. The largest absolute Gasteiger partial charge is 0.152 e. The quantitative estimate of drug-likeness (QED) is 0.310. The van der Waals surface area contributed by atoms with E-state index in [2.05, 4.69) is 71.4 Å². The van der Waals surface area contributed by atoms with Crippen molar-refractivity contribution in [1.29, 1.82) is 0 Å². The lowest BCUT2D eigenvalue weighted by Crippen LogP contribution is -1.93. The van der Waals surface area contributed by atoms with Gasteiger partial charge in [0.05, 0.1) is 0 Å². The first kappa shape index (κ1) is 18.6. The highest BCUT2D eigenvalue weighted by Gasteiger charge is 2.10. The molecule has 5 rings (SSSR count). The third-order valence-electron chi connectivity index (χ3n) is 4.79. The van der Waals surface area contributed by atoms with Crippen molar-refractivity contribution in [3.63, 3.8) is 0 Å². The molecule has 0 nitrogen and oxygen atoms in total. The van der Waals surface area contributed by atoms with Gasteiger partial charge in [-0.25, -0.2) is 0 Å². The SMILES string of the molecule is c1csc(-c2cc3cc(c2)CSCc2cc(cc(-c4cccs4)c2)CSC3)c1. The first-order valence-corrected chi connectivity index (χ1v) is 13.4. The normalized spacial score (nSPS) is 14.3. The molecule has 1 aliphatic rings. The van der Waals surface area contributed by atoms with Crippen LogP contribution < -0.4 is 0 Å². The van der Waals surface area contributed by atoms with Crippen LogP contribution >= 0.6 is 46.2 Å². The molecule has 0 fully saturated rings. The van der Waals surface area contributed by atoms with Crippen molar-refractivity contribution in [3.8, 4) is 20.9 Å². The molecule has 0 atom stereocenters. The molecule has 4 bridgehead atoms. The Morgan fingerprint density at radius 3 is 1.21 bits per heavy atom. The number of thioether (sulfide) groups is 2. The van der Waals surface area contributed by atoms with Gasteiger partial charge in [0.15, 0.2) is 0 Å². The van der Waals surface area contributed by atoms with E-state index in [4.69, 9.17) is 0 Å². The Bertz CT molecular complexity index is 930. The summed E-state index contributed by atoms with van der Waals surface area (Å²) in [6.07, 6.45) is 0. The second kappa shape index (κ2) is 8.50. The molecule has 0 radical (unpaired) electrons. The molecular weight excluding hydrogens is 417 g/mol. The lowest BCUT2D eigenvalue weighted by atomic mass is 10.1. The van der Waals surface area contributed by atoms with E-state index in [0.717, 1.165) is 23.0 Å². The summed E-state index contributed by atoms with van der Waals surface area (Å²) in [6.45, 7) is 0. The van der Waals surface area contributed by atoms with Gasteiger partial charge in [-0.3, -0.25) is 0 Å². The zero-order valence-electron chi connectivity index (χ0n) is 15.4. The molecule has 0 saturated carbocycles. The van der Waals surface area contributed by atoms with Gasteiger partial charge >= 0.3 is 0 Å². The Balaban J connectivity index is 1.45. The van der Waals surface area contributed by atoms with Crippen molar-refractivity contribution in [1.82, 2.24) is 0 Å². The number of rotatable bonds is 2. The number of hydrogen-bond donors (Lipinski definition) is 0. The minimum absolute atomic E-state index is 1.06. The van der Waals surface area contributed by atoms with Gasteiger partial charge in [-0.1, -0.05) is 24.3 Å². The Morgan fingerprint density at radius 1 is 0.500 bits per heavy atom. The van der Waals surface area contributed by atoms with Gasteiger partial charge in [0.1, 0.15) is 0 Å². The van der Waals surface area contributed by atoms with Crippen LogP contribution in [0.15, 0.2) is 71.4 Å². The van der Waals surface area contributed by atoms with Crippen molar-refractivity contribution in [2.75, 3.05) is 0 Å². The monoisotopic (exact) mass is 436 g/mol. The van der Waals surface area contributed by atoms with E-state index >= 15 is 0 Å². The Kier molecular flexibility index (Phi) is 5.63. The van der Waals surface area contributed by atoms with Crippen LogP contribution in [0.1, 0.15) is 22.3 Å². The minimum Gasteiger partial charge on any atom is -0.152 e. The standard InChI is InChI=1S/C24H20S4/c1-3-23(27-5-1)21-9-17-7-18(10-21)14-26-16-20-8-19(15-25-13-17)11-22(12-20)24-4-2-6-28-24/h1-12H,13-16H2. The van der Waals surface area contributed by atoms with E-state index in [1.165, 1.54) is 43.1 Å². The smallest absolute Gasteiger partial charge is 0.0342 e. The van der Waals surface area contributed by atoms with Gasteiger partial charge < -0.3 is 0 Å². The van der Waals surface area contributed by atoms with E-state index in [-0.39, 0.29) is 0 Å². The van der Waals surface area contributed by atoms with Crippen molar-refractivity contribution in [3.05, 3.63) is 93.7 Å². The van der Waals surface area contributed by atoms with Crippen molar-refractivity contribution in [2.45, 2.75) is 23.0 Å². The molecule has 4 heteroatoms. The fourth-order valence-electron chi connectivity index (χ4n) is 3.60. The molecule has 1 aliphatic heterocycles. The molecule has 0 spiro atoms. The predicted molar refractivity (Wildman–Crippen MR) is 130 cm³/mol. The molecule has 4 aromatic rings. The summed E-state index contributed by atoms with van der Waals surface area (Å²) >= 11 is 7.71. The molecule has 0 aliphatic carbocycles.